The first kappa shape index (κ1) is 23.7. The van der Waals surface area contributed by atoms with Crippen LogP contribution in [0.4, 0.5) is 23.3 Å². The first-order chi connectivity index (χ1) is 17.5. The van der Waals surface area contributed by atoms with E-state index in [0.29, 0.717) is 34.0 Å². The molecule has 0 atom stereocenters. The van der Waals surface area contributed by atoms with Gasteiger partial charge in [-0.1, -0.05) is 25.4 Å². The minimum Gasteiger partial charge on any atom is -0.366 e. The molecule has 5 rings (SSSR count). The molecule has 1 aliphatic heterocycles. The molecule has 0 amide bonds. The molecule has 184 valence electrons. The van der Waals surface area contributed by atoms with Gasteiger partial charge >= 0.3 is 0 Å². The van der Waals surface area contributed by atoms with Gasteiger partial charge in [0.25, 0.3) is 0 Å². The molecule has 11 nitrogen and oxygen atoms in total. The Morgan fingerprint density at radius 1 is 1.14 bits per heavy atom. The second kappa shape index (κ2) is 10.3. The summed E-state index contributed by atoms with van der Waals surface area (Å²) in [6, 6.07) is 7.72. The lowest BCUT2D eigenvalue weighted by molar-refractivity contribution is 0.521. The summed E-state index contributed by atoms with van der Waals surface area (Å²) in [4.78, 5) is 20.0. The lowest BCUT2D eigenvalue weighted by atomic mass is 10.1. The van der Waals surface area contributed by atoms with E-state index in [4.69, 9.17) is 16.9 Å². The number of aromatic nitrogens is 7. The van der Waals surface area contributed by atoms with Crippen LogP contribution in [0.5, 0.6) is 0 Å². The molecule has 0 unspecified atom stereocenters. The summed E-state index contributed by atoms with van der Waals surface area (Å²) in [7, 11) is 0. The van der Waals surface area contributed by atoms with E-state index in [2.05, 4.69) is 64.1 Å². The number of imidazole rings is 1. The van der Waals surface area contributed by atoms with Crippen LogP contribution in [0.25, 0.3) is 11.2 Å². The molecular weight excluding hydrogens is 478 g/mol. The quantitative estimate of drug-likeness (QED) is 0.380. The fourth-order valence-electron chi connectivity index (χ4n) is 4.21. The van der Waals surface area contributed by atoms with Crippen LogP contribution in [0.2, 0.25) is 5.02 Å². The molecular formula is C24H26ClN11. The zero-order valence-electron chi connectivity index (χ0n) is 20.1. The fourth-order valence-corrected chi connectivity index (χ4v) is 4.35. The van der Waals surface area contributed by atoms with Crippen LogP contribution in [0.3, 0.4) is 0 Å². The number of anilines is 4. The molecule has 1 fully saturated rings. The predicted octanol–water partition coefficient (Wildman–Crippen LogP) is 4.02. The second-order valence-corrected chi connectivity index (χ2v) is 9.57. The normalized spacial score (nSPS) is 14.2. The highest BCUT2D eigenvalue weighted by Gasteiger charge is 2.22. The predicted molar refractivity (Wildman–Crippen MR) is 138 cm³/mol. The van der Waals surface area contributed by atoms with E-state index in [1.165, 1.54) is 0 Å². The molecule has 1 saturated heterocycles. The van der Waals surface area contributed by atoms with Gasteiger partial charge in [0.15, 0.2) is 23.0 Å². The van der Waals surface area contributed by atoms with Crippen LogP contribution >= 0.6 is 11.6 Å². The number of halogens is 1. The first-order valence-electron chi connectivity index (χ1n) is 11.8. The Morgan fingerprint density at radius 3 is 2.69 bits per heavy atom. The average molecular weight is 504 g/mol. The highest BCUT2D eigenvalue weighted by Crippen LogP contribution is 2.26. The van der Waals surface area contributed by atoms with E-state index in [9.17, 15) is 0 Å². The van der Waals surface area contributed by atoms with Crippen molar-refractivity contribution >= 4 is 46.0 Å². The lowest BCUT2D eigenvalue weighted by Gasteiger charge is -2.33. The summed E-state index contributed by atoms with van der Waals surface area (Å²) in [6.45, 7) is 6.82. The molecule has 0 saturated carbocycles. The van der Waals surface area contributed by atoms with Crippen molar-refractivity contribution in [1.29, 1.82) is 5.26 Å². The van der Waals surface area contributed by atoms with Crippen molar-refractivity contribution in [3.63, 3.8) is 0 Å². The fraction of sp³-hybridized carbons (Fsp3) is 0.375. The number of fused-ring (bicyclic) bond motifs is 1. The molecule has 1 aliphatic rings. The minimum atomic E-state index is 0.205. The number of hydrogen-bond donors (Lipinski definition) is 2. The van der Waals surface area contributed by atoms with E-state index in [1.807, 2.05) is 24.5 Å². The van der Waals surface area contributed by atoms with Crippen molar-refractivity contribution in [1.82, 2.24) is 34.7 Å². The summed E-state index contributed by atoms with van der Waals surface area (Å²) in [5, 5.41) is 24.1. The van der Waals surface area contributed by atoms with Gasteiger partial charge in [-0.15, -0.1) is 10.2 Å². The minimum absolute atomic E-state index is 0.205. The number of piperidine rings is 1. The molecule has 0 bridgehead atoms. The zero-order valence-corrected chi connectivity index (χ0v) is 20.8. The maximum atomic E-state index is 8.90. The number of nitrogens with zero attached hydrogens (tertiary/aromatic N) is 9. The molecule has 36 heavy (non-hydrogen) atoms. The summed E-state index contributed by atoms with van der Waals surface area (Å²) >= 11 is 6.41. The lowest BCUT2D eigenvalue weighted by Crippen LogP contribution is -2.39. The molecule has 5 heterocycles. The maximum absolute atomic E-state index is 8.90. The Labute approximate surface area is 213 Å². The number of nitriles is 1. The molecule has 0 aliphatic carbocycles. The number of pyridine rings is 1. The van der Waals surface area contributed by atoms with Crippen LogP contribution in [-0.4, -0.2) is 53.8 Å². The number of nitrogens with one attached hydrogen (secondary N) is 2. The van der Waals surface area contributed by atoms with Crippen LogP contribution in [-0.2, 0) is 6.54 Å². The third kappa shape index (κ3) is 5.28. The van der Waals surface area contributed by atoms with E-state index >= 15 is 0 Å². The summed E-state index contributed by atoms with van der Waals surface area (Å²) < 4.78 is 2.10. The van der Waals surface area contributed by atoms with Gasteiger partial charge in [0.05, 0.1) is 29.9 Å². The molecule has 2 N–H and O–H groups in total. The largest absolute Gasteiger partial charge is 0.366 e. The van der Waals surface area contributed by atoms with Crippen molar-refractivity contribution in [3.05, 3.63) is 47.6 Å². The average Bonchev–Trinajstić information content (AvgIpc) is 3.28. The Hall–Kier alpha value is -4.04. The van der Waals surface area contributed by atoms with E-state index in [1.54, 1.807) is 18.5 Å². The van der Waals surface area contributed by atoms with Gasteiger partial charge in [0, 0.05) is 25.7 Å². The second-order valence-electron chi connectivity index (χ2n) is 9.17. The highest BCUT2D eigenvalue weighted by molar-refractivity contribution is 6.32. The van der Waals surface area contributed by atoms with Crippen molar-refractivity contribution in [2.24, 2.45) is 5.92 Å². The Morgan fingerprint density at radius 2 is 1.97 bits per heavy atom. The number of rotatable bonds is 7. The molecule has 0 aromatic carbocycles. The van der Waals surface area contributed by atoms with Gasteiger partial charge in [-0.2, -0.15) is 10.2 Å². The van der Waals surface area contributed by atoms with Crippen LogP contribution in [0, 0.1) is 17.2 Å². The molecule has 0 radical (unpaired) electrons. The summed E-state index contributed by atoms with van der Waals surface area (Å²) in [6.07, 6.45) is 6.90. The Kier molecular flexibility index (Phi) is 6.77. The van der Waals surface area contributed by atoms with Crippen molar-refractivity contribution in [3.8, 4) is 6.07 Å². The van der Waals surface area contributed by atoms with Crippen molar-refractivity contribution in [2.45, 2.75) is 39.3 Å². The van der Waals surface area contributed by atoms with Crippen molar-refractivity contribution in [2.75, 3.05) is 28.6 Å². The summed E-state index contributed by atoms with van der Waals surface area (Å²) in [5.41, 5.74) is 2.76. The maximum Gasteiger partial charge on any atom is 0.229 e. The molecule has 12 heteroatoms. The first-order valence-corrected chi connectivity index (χ1v) is 12.2. The van der Waals surface area contributed by atoms with Gasteiger partial charge in [0.1, 0.15) is 11.1 Å². The van der Waals surface area contributed by atoms with E-state index < -0.39 is 0 Å². The molecule has 4 aromatic heterocycles. The third-order valence-corrected chi connectivity index (χ3v) is 6.24. The van der Waals surface area contributed by atoms with Gasteiger partial charge in [-0.05, 0) is 37.0 Å². The van der Waals surface area contributed by atoms with Crippen LogP contribution < -0.4 is 15.5 Å². The Balaban J connectivity index is 1.24. The molecule has 4 aromatic rings. The topological polar surface area (TPSA) is 133 Å². The van der Waals surface area contributed by atoms with Crippen LogP contribution in [0.15, 0.2) is 36.9 Å². The Bertz CT molecular complexity index is 1390. The number of hydrogen-bond acceptors (Lipinski definition) is 10. The van der Waals surface area contributed by atoms with Gasteiger partial charge in [-0.3, -0.25) is 0 Å². The van der Waals surface area contributed by atoms with Gasteiger partial charge in [-0.25, -0.2) is 15.0 Å². The third-order valence-electron chi connectivity index (χ3n) is 5.96. The van der Waals surface area contributed by atoms with E-state index in [-0.39, 0.29) is 6.04 Å². The van der Waals surface area contributed by atoms with Crippen molar-refractivity contribution < 1.29 is 0 Å². The smallest absolute Gasteiger partial charge is 0.229 e. The SMILES string of the molecule is CC(C)Cn1cnc2ncc(Nc3ncc(Cl)c(NC4CCN(c5ccc(C#N)nn5)CC4)n3)cc21. The standard InChI is InChI=1S/C24H26ClN11/c1-15(2)13-36-14-29-23-20(36)9-18(11-27-23)31-24-28-12-19(25)22(32-24)30-16-5-7-35(8-6-16)21-4-3-17(10-26)33-34-21/h3-4,9,11-12,14-16H,5-8,13H2,1-2H3,(H2,28,30,31,32). The van der Waals surface area contributed by atoms with Gasteiger partial charge in [0.2, 0.25) is 5.95 Å². The van der Waals surface area contributed by atoms with Crippen LogP contribution in [0.1, 0.15) is 32.4 Å². The summed E-state index contributed by atoms with van der Waals surface area (Å²) in [5.74, 6) is 2.29. The molecule has 0 spiro atoms. The van der Waals surface area contributed by atoms with E-state index in [0.717, 1.165) is 49.5 Å². The monoisotopic (exact) mass is 503 g/mol. The zero-order chi connectivity index (χ0) is 25.1. The van der Waals surface area contributed by atoms with Gasteiger partial charge < -0.3 is 20.1 Å². The highest BCUT2D eigenvalue weighted by atomic mass is 35.5.